The SMILES string of the molecule is C[C@@H](OC(=O)C1CCN(C(=O)Nc2ccccc2)CC1)C(=O)c1ccc(F)c(F)c1. The molecule has 0 spiro atoms. The van der Waals surface area contributed by atoms with Crippen molar-refractivity contribution in [3.8, 4) is 0 Å². The predicted octanol–water partition coefficient (Wildman–Crippen LogP) is 4.02. The molecule has 2 aromatic rings. The number of nitrogens with zero attached hydrogens (tertiary/aromatic N) is 1. The third kappa shape index (κ3) is 5.20. The fraction of sp³-hybridized carbons (Fsp3) is 0.318. The molecule has 2 aromatic carbocycles. The van der Waals surface area contributed by atoms with Crippen molar-refractivity contribution in [2.45, 2.75) is 25.9 Å². The number of carbonyl (C=O) groups excluding carboxylic acids is 3. The van der Waals surface area contributed by atoms with Gasteiger partial charge in [0.05, 0.1) is 5.92 Å². The van der Waals surface area contributed by atoms with Gasteiger partial charge in [0.1, 0.15) is 0 Å². The van der Waals surface area contributed by atoms with Gasteiger partial charge in [-0.2, -0.15) is 0 Å². The molecule has 0 aromatic heterocycles. The maximum Gasteiger partial charge on any atom is 0.321 e. The minimum Gasteiger partial charge on any atom is -0.454 e. The maximum absolute atomic E-state index is 13.3. The van der Waals surface area contributed by atoms with Crippen molar-refractivity contribution in [2.75, 3.05) is 18.4 Å². The lowest BCUT2D eigenvalue weighted by Crippen LogP contribution is -2.43. The zero-order valence-electron chi connectivity index (χ0n) is 16.4. The number of halogens is 2. The highest BCUT2D eigenvalue weighted by Crippen LogP contribution is 2.21. The van der Waals surface area contributed by atoms with Gasteiger partial charge in [-0.25, -0.2) is 13.6 Å². The van der Waals surface area contributed by atoms with Gasteiger partial charge >= 0.3 is 12.0 Å². The molecule has 1 N–H and O–H groups in total. The number of urea groups is 1. The fourth-order valence-electron chi connectivity index (χ4n) is 3.25. The number of benzene rings is 2. The highest BCUT2D eigenvalue weighted by Gasteiger charge is 2.30. The van der Waals surface area contributed by atoms with Crippen LogP contribution in [0.2, 0.25) is 0 Å². The first-order valence-electron chi connectivity index (χ1n) is 9.66. The molecule has 3 rings (SSSR count). The molecule has 0 aliphatic carbocycles. The molecule has 1 aliphatic heterocycles. The van der Waals surface area contributed by atoms with Crippen LogP contribution in [0.1, 0.15) is 30.1 Å². The Labute approximate surface area is 172 Å². The summed E-state index contributed by atoms with van der Waals surface area (Å²) in [6, 6.07) is 11.6. The van der Waals surface area contributed by atoms with E-state index in [0.29, 0.717) is 31.6 Å². The van der Waals surface area contributed by atoms with E-state index in [4.69, 9.17) is 4.74 Å². The van der Waals surface area contributed by atoms with Gasteiger partial charge in [-0.3, -0.25) is 9.59 Å². The van der Waals surface area contributed by atoms with Gasteiger partial charge in [-0.15, -0.1) is 0 Å². The summed E-state index contributed by atoms with van der Waals surface area (Å²) < 4.78 is 31.6. The van der Waals surface area contributed by atoms with E-state index < -0.39 is 35.4 Å². The summed E-state index contributed by atoms with van der Waals surface area (Å²) in [5, 5.41) is 2.80. The summed E-state index contributed by atoms with van der Waals surface area (Å²) in [5.74, 6) is -3.78. The number of ketones is 1. The van der Waals surface area contributed by atoms with Crippen LogP contribution in [-0.4, -0.2) is 41.9 Å². The zero-order chi connectivity index (χ0) is 21.7. The molecule has 2 amide bonds. The molecule has 1 heterocycles. The van der Waals surface area contributed by atoms with Crippen LogP contribution in [0, 0.1) is 17.6 Å². The van der Waals surface area contributed by atoms with E-state index in [2.05, 4.69) is 5.32 Å². The van der Waals surface area contributed by atoms with Crippen molar-refractivity contribution in [1.29, 1.82) is 0 Å². The van der Waals surface area contributed by atoms with Gasteiger partial charge < -0.3 is 15.0 Å². The summed E-state index contributed by atoms with van der Waals surface area (Å²) in [6.07, 6.45) is -0.304. The molecule has 8 heteroatoms. The Kier molecular flexibility index (Phi) is 6.76. The smallest absolute Gasteiger partial charge is 0.321 e. The third-order valence-corrected chi connectivity index (χ3v) is 5.01. The minimum atomic E-state index is -1.14. The molecule has 1 aliphatic rings. The molecule has 0 radical (unpaired) electrons. The largest absolute Gasteiger partial charge is 0.454 e. The standard InChI is InChI=1S/C22H22F2N2O4/c1-14(20(27)16-7-8-18(23)19(24)13-16)30-21(28)15-9-11-26(12-10-15)22(29)25-17-5-3-2-4-6-17/h2-8,13-15H,9-12H2,1H3,(H,25,29)/t14-/m1/s1. The molecule has 158 valence electrons. The van der Waals surface area contributed by atoms with Gasteiger partial charge in [0.25, 0.3) is 0 Å². The number of hydrogen-bond acceptors (Lipinski definition) is 4. The minimum absolute atomic E-state index is 0.0680. The van der Waals surface area contributed by atoms with Crippen LogP contribution >= 0.6 is 0 Å². The first kappa shape index (κ1) is 21.4. The Balaban J connectivity index is 1.49. The molecule has 1 saturated heterocycles. The lowest BCUT2D eigenvalue weighted by Gasteiger charge is -2.31. The molecule has 1 atom stereocenters. The van der Waals surface area contributed by atoms with Gasteiger partial charge in [0.15, 0.2) is 17.7 Å². The number of esters is 1. The summed E-state index contributed by atoms with van der Waals surface area (Å²) in [5.41, 5.74) is 0.621. The number of carbonyl (C=O) groups is 3. The quantitative estimate of drug-likeness (QED) is 0.590. The molecule has 0 saturated carbocycles. The van der Waals surface area contributed by atoms with E-state index in [1.807, 2.05) is 18.2 Å². The van der Waals surface area contributed by atoms with Crippen molar-refractivity contribution in [3.05, 3.63) is 65.7 Å². The maximum atomic E-state index is 13.3. The number of ether oxygens (including phenoxy) is 1. The highest BCUT2D eigenvalue weighted by atomic mass is 19.2. The van der Waals surface area contributed by atoms with Crippen molar-refractivity contribution in [3.63, 3.8) is 0 Å². The van der Waals surface area contributed by atoms with E-state index in [9.17, 15) is 23.2 Å². The average Bonchev–Trinajstić information content (AvgIpc) is 2.75. The first-order chi connectivity index (χ1) is 14.3. The van der Waals surface area contributed by atoms with Crippen molar-refractivity contribution < 1.29 is 27.9 Å². The number of nitrogens with one attached hydrogen (secondary N) is 1. The Morgan fingerprint density at radius 2 is 1.70 bits per heavy atom. The lowest BCUT2D eigenvalue weighted by atomic mass is 9.97. The summed E-state index contributed by atoms with van der Waals surface area (Å²) in [4.78, 5) is 38.7. The van der Waals surface area contributed by atoms with Crippen LogP contribution in [0.3, 0.4) is 0 Å². The van der Waals surface area contributed by atoms with Crippen LogP contribution in [0.15, 0.2) is 48.5 Å². The molecular weight excluding hydrogens is 394 g/mol. The summed E-state index contributed by atoms with van der Waals surface area (Å²) in [6.45, 7) is 2.15. The topological polar surface area (TPSA) is 75.7 Å². The monoisotopic (exact) mass is 416 g/mol. The molecule has 0 unspecified atom stereocenters. The second-order valence-electron chi connectivity index (χ2n) is 7.13. The van der Waals surface area contributed by atoms with Crippen molar-refractivity contribution in [2.24, 2.45) is 5.92 Å². The second-order valence-corrected chi connectivity index (χ2v) is 7.13. The van der Waals surface area contributed by atoms with E-state index in [1.165, 1.54) is 6.92 Å². The van der Waals surface area contributed by atoms with Crippen LogP contribution in [-0.2, 0) is 9.53 Å². The highest BCUT2D eigenvalue weighted by molar-refractivity contribution is 6.00. The third-order valence-electron chi connectivity index (χ3n) is 5.01. The van der Waals surface area contributed by atoms with E-state index in [0.717, 1.165) is 18.2 Å². The zero-order valence-corrected chi connectivity index (χ0v) is 16.4. The number of anilines is 1. The second kappa shape index (κ2) is 9.47. The Morgan fingerprint density at radius 1 is 1.03 bits per heavy atom. The van der Waals surface area contributed by atoms with Gasteiger partial charge in [0.2, 0.25) is 5.78 Å². The average molecular weight is 416 g/mol. The number of Topliss-reactive ketones (excluding diaryl/α,β-unsaturated/α-hetero) is 1. The molecule has 30 heavy (non-hydrogen) atoms. The Hall–Kier alpha value is -3.29. The molecule has 1 fully saturated rings. The van der Waals surface area contributed by atoms with E-state index in [-0.39, 0.29) is 11.6 Å². The van der Waals surface area contributed by atoms with E-state index in [1.54, 1.807) is 17.0 Å². The van der Waals surface area contributed by atoms with Crippen LogP contribution in [0.25, 0.3) is 0 Å². The van der Waals surface area contributed by atoms with E-state index >= 15 is 0 Å². The first-order valence-corrected chi connectivity index (χ1v) is 9.66. The molecule has 0 bridgehead atoms. The Bertz CT molecular complexity index is 928. The fourth-order valence-corrected chi connectivity index (χ4v) is 3.25. The number of piperidine rings is 1. The number of hydrogen-bond donors (Lipinski definition) is 1. The Morgan fingerprint density at radius 3 is 2.33 bits per heavy atom. The van der Waals surface area contributed by atoms with Crippen molar-refractivity contribution in [1.82, 2.24) is 4.90 Å². The normalized spacial score (nSPS) is 15.4. The lowest BCUT2D eigenvalue weighted by molar-refractivity contribution is -0.152. The number of para-hydroxylation sites is 1. The number of rotatable bonds is 5. The van der Waals surface area contributed by atoms with Crippen LogP contribution in [0.5, 0.6) is 0 Å². The van der Waals surface area contributed by atoms with Crippen LogP contribution in [0.4, 0.5) is 19.3 Å². The van der Waals surface area contributed by atoms with Gasteiger partial charge in [-0.1, -0.05) is 18.2 Å². The van der Waals surface area contributed by atoms with Gasteiger partial charge in [-0.05, 0) is 50.1 Å². The summed E-state index contributed by atoms with van der Waals surface area (Å²) in [7, 11) is 0. The number of amides is 2. The summed E-state index contributed by atoms with van der Waals surface area (Å²) >= 11 is 0. The van der Waals surface area contributed by atoms with Crippen molar-refractivity contribution >= 4 is 23.5 Å². The van der Waals surface area contributed by atoms with Crippen LogP contribution < -0.4 is 5.32 Å². The number of likely N-dealkylation sites (tertiary alicyclic amines) is 1. The molecular formula is C22H22F2N2O4. The predicted molar refractivity (Wildman–Crippen MR) is 106 cm³/mol. The van der Waals surface area contributed by atoms with Gasteiger partial charge in [0, 0.05) is 24.3 Å². The molecule has 6 nitrogen and oxygen atoms in total.